The van der Waals surface area contributed by atoms with Gasteiger partial charge in [0, 0.05) is 32.5 Å². The quantitative estimate of drug-likeness (QED) is 0.750. The number of likely N-dealkylation sites (tertiary alicyclic amines) is 1. The molecule has 0 N–H and O–H groups in total. The number of fused-ring (bicyclic) bond motifs is 3. The summed E-state index contributed by atoms with van der Waals surface area (Å²) in [6.07, 6.45) is -3.31. The van der Waals surface area contributed by atoms with E-state index in [1.807, 2.05) is 0 Å². The molecule has 0 radical (unpaired) electrons. The van der Waals surface area contributed by atoms with Gasteiger partial charge in [0.15, 0.2) is 0 Å². The van der Waals surface area contributed by atoms with E-state index < -0.39 is 23.7 Å². The molecule has 30 heavy (non-hydrogen) atoms. The van der Waals surface area contributed by atoms with Gasteiger partial charge in [0.25, 0.3) is 5.91 Å². The van der Waals surface area contributed by atoms with E-state index >= 15 is 0 Å². The van der Waals surface area contributed by atoms with Crippen LogP contribution in [0.1, 0.15) is 49.4 Å². The van der Waals surface area contributed by atoms with Crippen LogP contribution in [0, 0.1) is 5.92 Å². The predicted octanol–water partition coefficient (Wildman–Crippen LogP) is 3.18. The lowest BCUT2D eigenvalue weighted by Gasteiger charge is -2.48. The molecule has 6 nitrogen and oxygen atoms in total. The number of piperidine rings is 1. The van der Waals surface area contributed by atoms with E-state index in [0.29, 0.717) is 37.1 Å². The Morgan fingerprint density at radius 2 is 1.97 bits per heavy atom. The molecule has 0 bridgehead atoms. The summed E-state index contributed by atoms with van der Waals surface area (Å²) in [5.41, 5.74) is 0.0889. The minimum Gasteiger partial charge on any atom is -0.342 e. The molecule has 0 aliphatic carbocycles. The molecule has 2 unspecified atom stereocenters. The maximum Gasteiger partial charge on any atom is 0.393 e. The summed E-state index contributed by atoms with van der Waals surface area (Å²) in [5.74, 6) is -2.24. The van der Waals surface area contributed by atoms with Crippen LogP contribution in [0.5, 0.6) is 0 Å². The fourth-order valence-corrected chi connectivity index (χ4v) is 4.88. The molecule has 0 aromatic heterocycles. The van der Waals surface area contributed by atoms with Crippen molar-refractivity contribution in [3.05, 3.63) is 29.8 Å². The molecule has 4 rings (SSSR count). The molecular formula is C21H24F3N3O3. The first-order valence-corrected chi connectivity index (χ1v) is 10.2. The Morgan fingerprint density at radius 1 is 1.23 bits per heavy atom. The molecule has 0 saturated carbocycles. The molecule has 1 aromatic carbocycles. The maximum absolute atomic E-state index is 13.2. The molecule has 9 heteroatoms. The molecule has 1 aromatic rings. The molecule has 2 saturated heterocycles. The van der Waals surface area contributed by atoms with E-state index in [1.54, 1.807) is 36.1 Å². The normalized spacial score (nSPS) is 26.7. The topological polar surface area (TPSA) is 60.9 Å². The number of hydrogen-bond donors (Lipinski definition) is 0. The Labute approximate surface area is 172 Å². The number of benzene rings is 1. The minimum atomic E-state index is -4.32. The maximum atomic E-state index is 13.2. The standard InChI is InChI=1S/C21H24F3N3O3/c1-20-10-8-18(29)27(20)16-7-3-2-6-15(16)19(30)26(20)12-9-17(28)25-11-4-5-14(13-25)21(22,23)24/h2-3,6-7,14H,4-5,8-13H2,1H3. The van der Waals surface area contributed by atoms with Crippen LogP contribution in [0.15, 0.2) is 24.3 Å². The fraction of sp³-hybridized carbons (Fsp3) is 0.571. The van der Waals surface area contributed by atoms with Crippen molar-refractivity contribution in [2.45, 2.75) is 50.9 Å². The molecule has 3 heterocycles. The number of anilines is 1. The molecule has 0 spiro atoms. The summed E-state index contributed by atoms with van der Waals surface area (Å²) in [5, 5.41) is 0. The van der Waals surface area contributed by atoms with Crippen LogP contribution in [0.3, 0.4) is 0 Å². The highest BCUT2D eigenvalue weighted by molar-refractivity contribution is 6.10. The second-order valence-corrected chi connectivity index (χ2v) is 8.39. The second-order valence-electron chi connectivity index (χ2n) is 8.39. The zero-order valence-corrected chi connectivity index (χ0v) is 16.7. The number of amides is 3. The van der Waals surface area contributed by atoms with Gasteiger partial charge in [0.2, 0.25) is 11.8 Å². The third-order valence-corrected chi connectivity index (χ3v) is 6.53. The van der Waals surface area contributed by atoms with Crippen molar-refractivity contribution in [1.82, 2.24) is 9.80 Å². The van der Waals surface area contributed by atoms with Gasteiger partial charge in [-0.1, -0.05) is 12.1 Å². The summed E-state index contributed by atoms with van der Waals surface area (Å²) < 4.78 is 39.2. The van der Waals surface area contributed by atoms with Gasteiger partial charge in [-0.15, -0.1) is 0 Å². The van der Waals surface area contributed by atoms with Crippen molar-refractivity contribution >= 4 is 23.4 Å². The van der Waals surface area contributed by atoms with Crippen LogP contribution in [-0.2, 0) is 9.59 Å². The zero-order valence-electron chi connectivity index (χ0n) is 16.7. The van der Waals surface area contributed by atoms with Crippen LogP contribution in [-0.4, -0.2) is 59.0 Å². The molecule has 2 fully saturated rings. The van der Waals surface area contributed by atoms with Crippen LogP contribution in [0.2, 0.25) is 0 Å². The summed E-state index contributed by atoms with van der Waals surface area (Å²) in [6.45, 7) is 1.82. The van der Waals surface area contributed by atoms with Crippen molar-refractivity contribution < 1.29 is 27.6 Å². The monoisotopic (exact) mass is 423 g/mol. The first-order chi connectivity index (χ1) is 14.1. The van der Waals surface area contributed by atoms with Crippen LogP contribution < -0.4 is 4.90 Å². The van der Waals surface area contributed by atoms with Crippen molar-refractivity contribution in [3.8, 4) is 0 Å². The molecule has 3 aliphatic rings. The van der Waals surface area contributed by atoms with Crippen molar-refractivity contribution in [3.63, 3.8) is 0 Å². The van der Waals surface area contributed by atoms with Crippen LogP contribution >= 0.6 is 0 Å². The Kier molecular flexibility index (Phi) is 5.02. The number of hydrogen-bond acceptors (Lipinski definition) is 3. The number of nitrogens with zero attached hydrogens (tertiary/aromatic N) is 3. The van der Waals surface area contributed by atoms with E-state index in [-0.39, 0.29) is 37.7 Å². The highest BCUT2D eigenvalue weighted by atomic mass is 19.4. The fourth-order valence-electron chi connectivity index (χ4n) is 4.88. The van der Waals surface area contributed by atoms with Gasteiger partial charge < -0.3 is 9.80 Å². The summed E-state index contributed by atoms with van der Waals surface area (Å²) in [4.78, 5) is 42.8. The summed E-state index contributed by atoms with van der Waals surface area (Å²) in [7, 11) is 0. The van der Waals surface area contributed by atoms with Crippen LogP contribution in [0.4, 0.5) is 18.9 Å². The van der Waals surface area contributed by atoms with E-state index in [9.17, 15) is 27.6 Å². The molecular weight excluding hydrogens is 399 g/mol. The minimum absolute atomic E-state index is 0.0316. The SMILES string of the molecule is CC12CCC(=O)N1c1ccccc1C(=O)N2CCC(=O)N1CCCC(C(F)(F)F)C1. The highest BCUT2D eigenvalue weighted by Crippen LogP contribution is 2.44. The lowest BCUT2D eigenvalue weighted by Crippen LogP contribution is -2.62. The number of para-hydroxylation sites is 1. The van der Waals surface area contributed by atoms with E-state index in [0.717, 1.165) is 0 Å². The average molecular weight is 423 g/mol. The number of carbonyl (C=O) groups excluding carboxylic acids is 3. The number of rotatable bonds is 3. The number of halogens is 3. The van der Waals surface area contributed by atoms with Gasteiger partial charge in [-0.3, -0.25) is 19.3 Å². The third kappa shape index (κ3) is 3.33. The van der Waals surface area contributed by atoms with E-state index in [2.05, 4.69) is 0 Å². The smallest absolute Gasteiger partial charge is 0.342 e. The molecule has 3 amide bonds. The molecule has 2 atom stereocenters. The van der Waals surface area contributed by atoms with Gasteiger partial charge >= 0.3 is 6.18 Å². The average Bonchev–Trinajstić information content (AvgIpc) is 3.02. The van der Waals surface area contributed by atoms with Crippen molar-refractivity contribution in [1.29, 1.82) is 0 Å². The lowest BCUT2D eigenvalue weighted by molar-refractivity contribution is -0.188. The first-order valence-electron chi connectivity index (χ1n) is 10.2. The number of carbonyl (C=O) groups is 3. The summed E-state index contributed by atoms with van der Waals surface area (Å²) in [6, 6.07) is 6.87. The zero-order chi connectivity index (χ0) is 21.7. The van der Waals surface area contributed by atoms with Gasteiger partial charge in [-0.2, -0.15) is 13.2 Å². The molecule has 162 valence electrons. The van der Waals surface area contributed by atoms with Gasteiger partial charge in [-0.05, 0) is 38.3 Å². The van der Waals surface area contributed by atoms with E-state index in [1.165, 1.54) is 9.80 Å². The van der Waals surface area contributed by atoms with Crippen LogP contribution in [0.25, 0.3) is 0 Å². The van der Waals surface area contributed by atoms with Gasteiger partial charge in [0.1, 0.15) is 5.66 Å². The predicted molar refractivity (Wildman–Crippen MR) is 103 cm³/mol. The second kappa shape index (κ2) is 7.28. The first kappa shape index (κ1) is 20.7. The van der Waals surface area contributed by atoms with Gasteiger partial charge in [-0.25, -0.2) is 0 Å². The molecule has 3 aliphatic heterocycles. The number of alkyl halides is 3. The largest absolute Gasteiger partial charge is 0.393 e. The van der Waals surface area contributed by atoms with Gasteiger partial charge in [0.05, 0.1) is 17.2 Å². The Morgan fingerprint density at radius 3 is 2.70 bits per heavy atom. The lowest BCUT2D eigenvalue weighted by atomic mass is 9.96. The highest BCUT2D eigenvalue weighted by Gasteiger charge is 2.53. The van der Waals surface area contributed by atoms with E-state index in [4.69, 9.17) is 0 Å². The third-order valence-electron chi connectivity index (χ3n) is 6.53. The Bertz CT molecular complexity index is 888. The Balaban J connectivity index is 1.51. The van der Waals surface area contributed by atoms with Crippen molar-refractivity contribution in [2.75, 3.05) is 24.5 Å². The Hall–Kier alpha value is -2.58. The summed E-state index contributed by atoms with van der Waals surface area (Å²) >= 11 is 0. The van der Waals surface area contributed by atoms with Crippen molar-refractivity contribution in [2.24, 2.45) is 5.92 Å².